The lowest BCUT2D eigenvalue weighted by Crippen LogP contribution is -2.21. The molecule has 1 aromatic rings. The van der Waals surface area contributed by atoms with E-state index in [-0.39, 0.29) is 16.2 Å². The van der Waals surface area contributed by atoms with E-state index in [1.165, 1.54) is 23.9 Å². The minimum absolute atomic E-state index is 0.00759. The van der Waals surface area contributed by atoms with E-state index in [1.54, 1.807) is 0 Å². The highest BCUT2D eigenvalue weighted by Crippen LogP contribution is 2.42. The Labute approximate surface area is 130 Å². The molecule has 0 unspecified atom stereocenters. The average Bonchev–Trinajstić information content (AvgIpc) is 3.02. The van der Waals surface area contributed by atoms with E-state index in [0.717, 1.165) is 37.5 Å². The summed E-state index contributed by atoms with van der Waals surface area (Å²) in [5.74, 6) is 0.851. The molecular formula is C14H14ClF3N2S. The molecule has 0 saturated heterocycles. The standard InChI is InChI=1S/C14H14ClF3N2S/c15-9-3-4-11(10(7-9)14(16,17)18)19-12-20-13(8-21-12)5-1-2-6-13/h3-4,7H,1-2,5-6,8H2,(H,19,20). The van der Waals surface area contributed by atoms with Crippen LogP contribution in [0, 0.1) is 0 Å². The minimum Gasteiger partial charge on any atom is -0.334 e. The third-order valence-electron chi connectivity index (χ3n) is 3.88. The first-order valence-corrected chi connectivity index (χ1v) is 8.11. The molecule has 0 radical (unpaired) electrons. The van der Waals surface area contributed by atoms with Crippen LogP contribution in [-0.4, -0.2) is 16.5 Å². The van der Waals surface area contributed by atoms with Gasteiger partial charge in [0.2, 0.25) is 0 Å². The highest BCUT2D eigenvalue weighted by molar-refractivity contribution is 8.14. The zero-order chi connectivity index (χ0) is 15.1. The van der Waals surface area contributed by atoms with Gasteiger partial charge in [-0.25, -0.2) is 0 Å². The van der Waals surface area contributed by atoms with Crippen LogP contribution in [-0.2, 0) is 6.18 Å². The number of benzene rings is 1. The number of thioether (sulfide) groups is 1. The fourth-order valence-corrected chi connectivity index (χ4v) is 4.18. The molecule has 2 nitrogen and oxygen atoms in total. The average molecular weight is 335 g/mol. The van der Waals surface area contributed by atoms with Gasteiger partial charge in [0.25, 0.3) is 0 Å². The zero-order valence-electron chi connectivity index (χ0n) is 11.1. The maximum atomic E-state index is 13.1. The molecule has 114 valence electrons. The Bertz CT molecular complexity index is 580. The maximum Gasteiger partial charge on any atom is 0.418 e. The highest BCUT2D eigenvalue weighted by Gasteiger charge is 2.39. The number of hydrogen-bond donors (Lipinski definition) is 1. The van der Waals surface area contributed by atoms with Crippen LogP contribution in [0.1, 0.15) is 31.2 Å². The lowest BCUT2D eigenvalue weighted by Gasteiger charge is -2.16. The lowest BCUT2D eigenvalue weighted by atomic mass is 10.0. The molecule has 1 spiro atoms. The van der Waals surface area contributed by atoms with Crippen molar-refractivity contribution in [3.05, 3.63) is 28.8 Å². The summed E-state index contributed by atoms with van der Waals surface area (Å²) in [6.07, 6.45) is -0.101. The van der Waals surface area contributed by atoms with Crippen molar-refractivity contribution in [1.29, 1.82) is 0 Å². The van der Waals surface area contributed by atoms with E-state index in [4.69, 9.17) is 11.6 Å². The topological polar surface area (TPSA) is 24.4 Å². The second-order valence-electron chi connectivity index (χ2n) is 5.45. The normalized spacial score (nSPS) is 20.9. The summed E-state index contributed by atoms with van der Waals surface area (Å²) in [4.78, 5) is 4.63. The predicted molar refractivity (Wildman–Crippen MR) is 81.2 cm³/mol. The Morgan fingerprint density at radius 3 is 2.62 bits per heavy atom. The van der Waals surface area contributed by atoms with E-state index < -0.39 is 11.7 Å². The second-order valence-corrected chi connectivity index (χ2v) is 6.85. The summed E-state index contributed by atoms with van der Waals surface area (Å²) in [6, 6.07) is 3.74. The number of anilines is 1. The summed E-state index contributed by atoms with van der Waals surface area (Å²) in [5.41, 5.74) is -0.809. The van der Waals surface area contributed by atoms with E-state index in [2.05, 4.69) is 10.3 Å². The molecule has 3 rings (SSSR count). The molecule has 1 aliphatic carbocycles. The fraction of sp³-hybridized carbons (Fsp3) is 0.500. The van der Waals surface area contributed by atoms with Crippen LogP contribution >= 0.6 is 23.4 Å². The molecule has 1 N–H and O–H groups in total. The number of amidine groups is 1. The first-order chi connectivity index (χ1) is 9.88. The van der Waals surface area contributed by atoms with Gasteiger partial charge in [0.1, 0.15) is 0 Å². The third kappa shape index (κ3) is 3.16. The monoisotopic (exact) mass is 334 g/mol. The second kappa shape index (κ2) is 5.39. The van der Waals surface area contributed by atoms with Crippen molar-refractivity contribution in [2.24, 2.45) is 4.99 Å². The summed E-state index contributed by atoms with van der Waals surface area (Å²) in [5, 5.41) is 3.47. The molecule has 21 heavy (non-hydrogen) atoms. The molecule has 1 fully saturated rings. The van der Waals surface area contributed by atoms with Crippen LogP contribution in [0.25, 0.3) is 0 Å². The van der Waals surface area contributed by atoms with Gasteiger partial charge in [-0.15, -0.1) is 0 Å². The lowest BCUT2D eigenvalue weighted by molar-refractivity contribution is -0.136. The highest BCUT2D eigenvalue weighted by atomic mass is 35.5. The predicted octanol–water partition coefficient (Wildman–Crippen LogP) is 5.19. The number of nitrogens with zero attached hydrogens (tertiary/aromatic N) is 1. The Morgan fingerprint density at radius 1 is 1.24 bits per heavy atom. The fourth-order valence-electron chi connectivity index (χ4n) is 2.81. The number of aliphatic imine (C=N–C) groups is 1. The van der Waals surface area contributed by atoms with Crippen LogP contribution in [0.4, 0.5) is 18.9 Å². The summed E-state index contributed by atoms with van der Waals surface area (Å²) < 4.78 is 39.2. The van der Waals surface area contributed by atoms with Crippen molar-refractivity contribution in [3.8, 4) is 0 Å². The molecule has 1 saturated carbocycles. The molecule has 1 aromatic carbocycles. The SMILES string of the molecule is FC(F)(F)c1cc(Cl)ccc1NC1=NC2(CCCC2)CS1. The quantitative estimate of drug-likeness (QED) is 0.764. The largest absolute Gasteiger partial charge is 0.418 e. The van der Waals surface area contributed by atoms with E-state index in [9.17, 15) is 13.2 Å². The van der Waals surface area contributed by atoms with Gasteiger partial charge in [-0.1, -0.05) is 36.2 Å². The van der Waals surface area contributed by atoms with Gasteiger partial charge >= 0.3 is 6.18 Å². The Morgan fingerprint density at radius 2 is 1.95 bits per heavy atom. The van der Waals surface area contributed by atoms with Gasteiger partial charge in [0.05, 0.1) is 16.8 Å². The van der Waals surface area contributed by atoms with E-state index in [0.29, 0.717) is 5.17 Å². The van der Waals surface area contributed by atoms with Crippen LogP contribution < -0.4 is 5.32 Å². The minimum atomic E-state index is -4.44. The van der Waals surface area contributed by atoms with Gasteiger partial charge in [-0.3, -0.25) is 4.99 Å². The summed E-state index contributed by atoms with van der Waals surface area (Å²) >= 11 is 7.17. The van der Waals surface area contributed by atoms with E-state index >= 15 is 0 Å². The molecular weight excluding hydrogens is 321 g/mol. The molecule has 0 aromatic heterocycles. The first-order valence-electron chi connectivity index (χ1n) is 6.74. The van der Waals surface area contributed by atoms with Gasteiger partial charge in [-0.05, 0) is 31.0 Å². The maximum absolute atomic E-state index is 13.1. The smallest absolute Gasteiger partial charge is 0.334 e. The summed E-state index contributed by atoms with van der Waals surface area (Å²) in [7, 11) is 0. The van der Waals surface area contributed by atoms with Gasteiger partial charge in [-0.2, -0.15) is 13.2 Å². The van der Waals surface area contributed by atoms with Crippen LogP contribution in [0.15, 0.2) is 23.2 Å². The van der Waals surface area contributed by atoms with Crippen molar-refractivity contribution in [2.75, 3.05) is 11.1 Å². The number of hydrogen-bond acceptors (Lipinski definition) is 3. The van der Waals surface area contributed by atoms with Crippen molar-refractivity contribution >= 4 is 34.2 Å². The Hall–Kier alpha value is -0.880. The first kappa shape index (κ1) is 15.0. The number of halogens is 4. The van der Waals surface area contributed by atoms with Gasteiger partial charge in [0.15, 0.2) is 5.17 Å². The molecule has 0 bridgehead atoms. The third-order valence-corrected chi connectivity index (χ3v) is 5.26. The van der Waals surface area contributed by atoms with Crippen molar-refractivity contribution in [3.63, 3.8) is 0 Å². The summed E-state index contributed by atoms with van der Waals surface area (Å²) in [6.45, 7) is 0. The van der Waals surface area contributed by atoms with Crippen molar-refractivity contribution in [1.82, 2.24) is 0 Å². The van der Waals surface area contributed by atoms with Crippen LogP contribution in [0.2, 0.25) is 5.02 Å². The molecule has 0 amide bonds. The Balaban J connectivity index is 1.86. The van der Waals surface area contributed by atoms with Crippen molar-refractivity contribution < 1.29 is 13.2 Å². The molecule has 1 heterocycles. The number of rotatable bonds is 1. The molecule has 2 aliphatic rings. The van der Waals surface area contributed by atoms with Gasteiger partial charge in [0, 0.05) is 10.8 Å². The molecule has 0 atom stereocenters. The number of nitrogens with one attached hydrogen (secondary N) is 1. The van der Waals surface area contributed by atoms with E-state index in [1.807, 2.05) is 0 Å². The van der Waals surface area contributed by atoms with Crippen LogP contribution in [0.3, 0.4) is 0 Å². The Kier molecular flexibility index (Phi) is 3.86. The molecule has 7 heteroatoms. The van der Waals surface area contributed by atoms with Crippen LogP contribution in [0.5, 0.6) is 0 Å². The number of alkyl halides is 3. The van der Waals surface area contributed by atoms with Gasteiger partial charge < -0.3 is 5.32 Å². The molecule has 1 aliphatic heterocycles. The van der Waals surface area contributed by atoms with Crippen molar-refractivity contribution in [2.45, 2.75) is 37.4 Å². The zero-order valence-corrected chi connectivity index (χ0v) is 12.7.